The number of methoxy groups -OCH3 is 1. The molecule has 27 heavy (non-hydrogen) atoms. The molecule has 0 aliphatic heterocycles. The van der Waals surface area contributed by atoms with E-state index in [1.165, 1.54) is 60.7 Å². The van der Waals surface area contributed by atoms with Crippen LogP contribution in [0.4, 0.5) is 0 Å². The van der Waals surface area contributed by atoms with Crippen LogP contribution in [0.3, 0.4) is 0 Å². The van der Waals surface area contributed by atoms with Crippen LogP contribution in [0.15, 0.2) is 45.6 Å². The predicted molar refractivity (Wildman–Crippen MR) is 107 cm³/mol. The second kappa shape index (κ2) is 7.67. The first-order valence-corrected chi connectivity index (χ1v) is 11.5. The summed E-state index contributed by atoms with van der Waals surface area (Å²) in [6.45, 7) is 1.80. The average molecular weight is 443 g/mol. The summed E-state index contributed by atoms with van der Waals surface area (Å²) in [5.41, 5.74) is 1.92. The highest BCUT2D eigenvalue weighted by Crippen LogP contribution is 2.41. The van der Waals surface area contributed by atoms with Crippen molar-refractivity contribution in [1.29, 1.82) is 0 Å². The van der Waals surface area contributed by atoms with Crippen LogP contribution in [0.1, 0.15) is 15.2 Å². The molecular weight excluding hydrogens is 428 g/mol. The van der Waals surface area contributed by atoms with Crippen molar-refractivity contribution in [2.45, 2.75) is 16.0 Å². The first kappa shape index (κ1) is 19.9. The lowest BCUT2D eigenvalue weighted by Gasteiger charge is -2.05. The lowest BCUT2D eigenvalue weighted by Crippen LogP contribution is -2.13. The number of ether oxygens (including phenoxy) is 1. The van der Waals surface area contributed by atoms with E-state index in [4.69, 9.17) is 16.3 Å². The number of carbonyl (C=O) groups is 1. The van der Waals surface area contributed by atoms with Gasteiger partial charge in [0.05, 0.1) is 21.9 Å². The fourth-order valence-corrected chi connectivity index (χ4v) is 5.75. The number of benzene rings is 1. The van der Waals surface area contributed by atoms with E-state index in [0.29, 0.717) is 21.2 Å². The smallest absolute Gasteiger partial charge is 0.348 e. The molecule has 0 bridgehead atoms. The van der Waals surface area contributed by atoms with Crippen LogP contribution in [0.25, 0.3) is 11.3 Å². The van der Waals surface area contributed by atoms with E-state index in [0.717, 1.165) is 13.9 Å². The molecule has 0 atom stereocenters. The monoisotopic (exact) mass is 442 g/mol. The standard InChI is InChI=1S/C17H15ClN2O4S3/c1-10-14(17(25-3)26-15(10)16(21)24-2)13-8-9-20(19-13)27(22,23)12-6-4-11(18)5-7-12/h4-9H,1-3H3. The number of carbonyl (C=O) groups excluding carboxylic acids is 1. The van der Waals surface area contributed by atoms with Gasteiger partial charge >= 0.3 is 5.97 Å². The highest BCUT2D eigenvalue weighted by atomic mass is 35.5. The summed E-state index contributed by atoms with van der Waals surface area (Å²) < 4.78 is 32.1. The third kappa shape index (κ3) is 3.64. The molecule has 0 fully saturated rings. The van der Waals surface area contributed by atoms with Crippen LogP contribution in [-0.2, 0) is 14.8 Å². The van der Waals surface area contributed by atoms with Crippen molar-refractivity contribution in [2.75, 3.05) is 13.4 Å². The predicted octanol–water partition coefficient (Wildman–Crippen LogP) is 4.32. The molecule has 0 aliphatic carbocycles. The number of thioether (sulfide) groups is 1. The van der Waals surface area contributed by atoms with E-state index in [2.05, 4.69) is 5.10 Å². The number of esters is 1. The van der Waals surface area contributed by atoms with Gasteiger partial charge in [0.2, 0.25) is 0 Å². The zero-order valence-corrected chi connectivity index (χ0v) is 17.8. The number of rotatable bonds is 5. The van der Waals surface area contributed by atoms with E-state index in [-0.39, 0.29) is 4.90 Å². The number of aromatic nitrogens is 2. The Kier molecular flexibility index (Phi) is 5.66. The quantitative estimate of drug-likeness (QED) is 0.432. The van der Waals surface area contributed by atoms with Crippen molar-refractivity contribution in [2.24, 2.45) is 0 Å². The SMILES string of the molecule is COC(=O)c1sc(SC)c(-c2ccn(S(=O)(=O)c3ccc(Cl)cc3)n2)c1C. The maximum Gasteiger partial charge on any atom is 0.348 e. The van der Waals surface area contributed by atoms with Crippen LogP contribution < -0.4 is 0 Å². The van der Waals surface area contributed by atoms with Crippen molar-refractivity contribution in [3.63, 3.8) is 0 Å². The summed E-state index contributed by atoms with van der Waals surface area (Å²) in [6, 6.07) is 7.49. The largest absolute Gasteiger partial charge is 0.465 e. The van der Waals surface area contributed by atoms with Crippen molar-refractivity contribution >= 4 is 50.7 Å². The van der Waals surface area contributed by atoms with Gasteiger partial charge in [-0.15, -0.1) is 23.1 Å². The molecule has 2 heterocycles. The van der Waals surface area contributed by atoms with Gasteiger partial charge in [-0.05, 0) is 49.1 Å². The molecule has 0 N–H and O–H groups in total. The van der Waals surface area contributed by atoms with Crippen LogP contribution in [-0.4, -0.2) is 36.9 Å². The van der Waals surface area contributed by atoms with Gasteiger partial charge in [0.15, 0.2) is 0 Å². The van der Waals surface area contributed by atoms with Gasteiger partial charge in [0.1, 0.15) is 4.88 Å². The molecule has 0 spiro atoms. The molecule has 3 rings (SSSR count). The van der Waals surface area contributed by atoms with Crippen molar-refractivity contribution in [3.8, 4) is 11.3 Å². The molecule has 2 aromatic heterocycles. The summed E-state index contributed by atoms with van der Waals surface area (Å²) in [6.07, 6.45) is 3.27. The minimum absolute atomic E-state index is 0.0870. The van der Waals surface area contributed by atoms with Crippen molar-refractivity contribution in [3.05, 3.63) is 52.0 Å². The molecular formula is C17H15ClN2O4S3. The molecule has 0 unspecified atom stereocenters. The molecule has 3 aromatic rings. The van der Waals surface area contributed by atoms with Gasteiger partial charge in [-0.2, -0.15) is 17.6 Å². The summed E-state index contributed by atoms with van der Waals surface area (Å²) in [5, 5.41) is 4.70. The summed E-state index contributed by atoms with van der Waals surface area (Å²) in [4.78, 5) is 12.5. The highest BCUT2D eigenvalue weighted by Gasteiger charge is 2.24. The Bertz CT molecular complexity index is 1100. The molecule has 0 aliphatic rings. The van der Waals surface area contributed by atoms with Crippen LogP contribution >= 0.6 is 34.7 Å². The second-order valence-corrected chi connectivity index (χ2v) is 9.77. The van der Waals surface area contributed by atoms with E-state index in [1.54, 1.807) is 13.0 Å². The fourth-order valence-electron chi connectivity index (χ4n) is 2.50. The Balaban J connectivity index is 2.07. The zero-order valence-electron chi connectivity index (χ0n) is 14.6. The van der Waals surface area contributed by atoms with Gasteiger partial charge in [-0.1, -0.05) is 11.6 Å². The van der Waals surface area contributed by atoms with E-state index in [9.17, 15) is 13.2 Å². The van der Waals surface area contributed by atoms with Crippen LogP contribution in [0.5, 0.6) is 0 Å². The van der Waals surface area contributed by atoms with Gasteiger partial charge in [0.25, 0.3) is 10.0 Å². The minimum Gasteiger partial charge on any atom is -0.465 e. The number of hydrogen-bond donors (Lipinski definition) is 0. The Morgan fingerprint density at radius 1 is 1.26 bits per heavy atom. The van der Waals surface area contributed by atoms with E-state index in [1.807, 2.05) is 6.26 Å². The Hall–Kier alpha value is -1.81. The lowest BCUT2D eigenvalue weighted by atomic mass is 10.1. The van der Waals surface area contributed by atoms with Crippen LogP contribution in [0.2, 0.25) is 5.02 Å². The molecule has 0 saturated carbocycles. The normalized spacial score (nSPS) is 11.6. The number of hydrogen-bond acceptors (Lipinski definition) is 7. The topological polar surface area (TPSA) is 78.3 Å². The number of nitrogens with zero attached hydrogens (tertiary/aromatic N) is 2. The van der Waals surface area contributed by atoms with E-state index < -0.39 is 16.0 Å². The third-order valence-electron chi connectivity index (χ3n) is 3.85. The first-order chi connectivity index (χ1) is 12.8. The third-order valence-corrected chi connectivity index (χ3v) is 8.06. The maximum absolute atomic E-state index is 12.8. The van der Waals surface area contributed by atoms with Gasteiger partial charge in [0, 0.05) is 16.8 Å². The number of thiophene rings is 1. The summed E-state index contributed by atoms with van der Waals surface area (Å²) >= 11 is 8.60. The molecule has 10 heteroatoms. The average Bonchev–Trinajstić information content (AvgIpc) is 3.26. The molecule has 142 valence electrons. The van der Waals surface area contributed by atoms with Crippen LogP contribution in [0, 0.1) is 6.92 Å². The van der Waals surface area contributed by atoms with Gasteiger partial charge in [-0.25, -0.2) is 4.79 Å². The Labute approximate surface area is 170 Å². The number of halogens is 1. The lowest BCUT2D eigenvalue weighted by molar-refractivity contribution is 0.0605. The summed E-state index contributed by atoms with van der Waals surface area (Å²) in [7, 11) is -2.51. The zero-order chi connectivity index (χ0) is 19.8. The fraction of sp³-hybridized carbons (Fsp3) is 0.176. The van der Waals surface area contributed by atoms with Gasteiger partial charge < -0.3 is 4.74 Å². The Morgan fingerprint density at radius 3 is 2.52 bits per heavy atom. The van der Waals surface area contributed by atoms with Gasteiger partial charge in [-0.3, -0.25) is 0 Å². The minimum atomic E-state index is -3.84. The molecule has 1 aromatic carbocycles. The molecule has 0 radical (unpaired) electrons. The second-order valence-electron chi connectivity index (χ2n) is 5.45. The molecule has 0 amide bonds. The van der Waals surface area contributed by atoms with Crippen molar-refractivity contribution in [1.82, 2.24) is 9.19 Å². The summed E-state index contributed by atoms with van der Waals surface area (Å²) in [5.74, 6) is -0.424. The first-order valence-electron chi connectivity index (χ1n) is 7.62. The maximum atomic E-state index is 12.8. The van der Waals surface area contributed by atoms with Crippen molar-refractivity contribution < 1.29 is 17.9 Å². The highest BCUT2D eigenvalue weighted by molar-refractivity contribution is 8.00. The molecule has 0 saturated heterocycles. The van der Waals surface area contributed by atoms with E-state index >= 15 is 0 Å². The Morgan fingerprint density at radius 2 is 1.93 bits per heavy atom. The molecule has 6 nitrogen and oxygen atoms in total.